The van der Waals surface area contributed by atoms with E-state index in [1.807, 2.05) is 0 Å². The zero-order valence-electron chi connectivity index (χ0n) is 15.0. The summed E-state index contributed by atoms with van der Waals surface area (Å²) in [5, 5.41) is 5.37. The molecular weight excluding hydrogens is 359 g/mol. The van der Waals surface area contributed by atoms with Crippen molar-refractivity contribution in [3.8, 4) is 0 Å². The van der Waals surface area contributed by atoms with Crippen molar-refractivity contribution in [2.75, 3.05) is 10.6 Å². The molecule has 6 heteroatoms. The van der Waals surface area contributed by atoms with E-state index in [2.05, 4.69) is 10.6 Å². The second-order valence-corrected chi connectivity index (χ2v) is 6.09. The third-order valence-corrected chi connectivity index (χ3v) is 3.99. The molecule has 0 atom stereocenters. The largest absolute Gasteiger partial charge is 0.326 e. The Bertz CT molecular complexity index is 1030. The van der Waals surface area contributed by atoms with E-state index in [4.69, 9.17) is 0 Å². The summed E-state index contributed by atoms with van der Waals surface area (Å²) in [5.74, 6) is -1.44. The van der Waals surface area contributed by atoms with Gasteiger partial charge in [0.15, 0.2) is 5.78 Å². The SMILES string of the molecule is CC(=O)Nc1ccc(NC(=O)c2ccccc2C(=O)c2ccc(F)cc2)cc1. The van der Waals surface area contributed by atoms with Gasteiger partial charge in [-0.3, -0.25) is 14.4 Å². The maximum absolute atomic E-state index is 13.1. The molecule has 0 aliphatic carbocycles. The number of carbonyl (C=O) groups is 3. The molecule has 0 heterocycles. The number of benzene rings is 3. The summed E-state index contributed by atoms with van der Waals surface area (Å²) in [7, 11) is 0. The molecule has 0 aliphatic rings. The molecule has 3 aromatic rings. The molecule has 0 fully saturated rings. The number of nitrogens with one attached hydrogen (secondary N) is 2. The minimum absolute atomic E-state index is 0.190. The van der Waals surface area contributed by atoms with Crippen molar-refractivity contribution in [2.45, 2.75) is 6.92 Å². The van der Waals surface area contributed by atoms with Crippen LogP contribution in [-0.4, -0.2) is 17.6 Å². The molecule has 2 amide bonds. The summed E-state index contributed by atoms with van der Waals surface area (Å²) in [6.07, 6.45) is 0. The van der Waals surface area contributed by atoms with Crippen LogP contribution in [0.4, 0.5) is 15.8 Å². The van der Waals surface area contributed by atoms with Crippen molar-refractivity contribution in [1.82, 2.24) is 0 Å². The Balaban J connectivity index is 1.82. The first kappa shape index (κ1) is 19.0. The van der Waals surface area contributed by atoms with E-state index >= 15 is 0 Å². The van der Waals surface area contributed by atoms with Crippen molar-refractivity contribution in [1.29, 1.82) is 0 Å². The molecule has 0 saturated heterocycles. The summed E-state index contributed by atoms with van der Waals surface area (Å²) in [6.45, 7) is 1.41. The minimum atomic E-state index is -0.446. The highest BCUT2D eigenvalue weighted by molar-refractivity contribution is 6.17. The van der Waals surface area contributed by atoms with Gasteiger partial charge in [0.25, 0.3) is 5.91 Å². The Morgan fingerprint density at radius 1 is 0.714 bits per heavy atom. The van der Waals surface area contributed by atoms with E-state index in [1.54, 1.807) is 48.5 Å². The number of carbonyl (C=O) groups excluding carboxylic acids is 3. The summed E-state index contributed by atoms with van der Waals surface area (Å²) >= 11 is 0. The van der Waals surface area contributed by atoms with Crippen LogP contribution in [-0.2, 0) is 4.79 Å². The Kier molecular flexibility index (Phi) is 5.60. The fourth-order valence-electron chi connectivity index (χ4n) is 2.67. The molecule has 140 valence electrons. The van der Waals surface area contributed by atoms with Gasteiger partial charge in [-0.2, -0.15) is 0 Å². The highest BCUT2D eigenvalue weighted by Crippen LogP contribution is 2.19. The van der Waals surface area contributed by atoms with Gasteiger partial charge in [0.1, 0.15) is 5.82 Å². The number of hydrogen-bond acceptors (Lipinski definition) is 3. The van der Waals surface area contributed by atoms with Crippen LogP contribution in [0, 0.1) is 5.82 Å². The summed E-state index contributed by atoms with van der Waals surface area (Å²) in [5.41, 5.74) is 1.85. The molecule has 0 radical (unpaired) electrons. The molecule has 2 N–H and O–H groups in total. The quantitative estimate of drug-likeness (QED) is 0.653. The van der Waals surface area contributed by atoms with Crippen molar-refractivity contribution in [3.05, 3.63) is 95.3 Å². The first-order valence-electron chi connectivity index (χ1n) is 8.52. The summed E-state index contributed by atoms with van der Waals surface area (Å²) < 4.78 is 13.1. The van der Waals surface area contributed by atoms with Crippen LogP contribution in [0.15, 0.2) is 72.8 Å². The van der Waals surface area contributed by atoms with Crippen molar-refractivity contribution in [2.24, 2.45) is 0 Å². The molecule has 3 aromatic carbocycles. The van der Waals surface area contributed by atoms with Crippen LogP contribution in [0.2, 0.25) is 0 Å². The van der Waals surface area contributed by atoms with Crippen LogP contribution in [0.5, 0.6) is 0 Å². The lowest BCUT2D eigenvalue weighted by atomic mass is 9.98. The van der Waals surface area contributed by atoms with Gasteiger partial charge >= 0.3 is 0 Å². The molecule has 3 rings (SSSR count). The third kappa shape index (κ3) is 4.48. The predicted octanol–water partition coefficient (Wildman–Crippen LogP) is 4.27. The normalized spacial score (nSPS) is 10.2. The fraction of sp³-hybridized carbons (Fsp3) is 0.0455. The lowest BCUT2D eigenvalue weighted by Gasteiger charge is -2.10. The van der Waals surface area contributed by atoms with Crippen LogP contribution in [0.3, 0.4) is 0 Å². The van der Waals surface area contributed by atoms with E-state index < -0.39 is 11.7 Å². The standard InChI is InChI=1S/C22H17FN2O3/c1-14(26)24-17-10-12-18(13-11-17)25-22(28)20-5-3-2-4-19(20)21(27)15-6-8-16(23)9-7-15/h2-13H,1H3,(H,24,26)(H,25,28). The lowest BCUT2D eigenvalue weighted by molar-refractivity contribution is -0.114. The lowest BCUT2D eigenvalue weighted by Crippen LogP contribution is -2.17. The molecule has 5 nitrogen and oxygen atoms in total. The topological polar surface area (TPSA) is 75.3 Å². The van der Waals surface area contributed by atoms with Gasteiger partial charge in [-0.1, -0.05) is 18.2 Å². The molecule has 0 unspecified atom stereocenters. The van der Waals surface area contributed by atoms with Crippen molar-refractivity contribution >= 4 is 29.0 Å². The molecule has 0 spiro atoms. The third-order valence-electron chi connectivity index (χ3n) is 3.99. The zero-order valence-corrected chi connectivity index (χ0v) is 15.0. The molecule has 0 saturated carbocycles. The van der Waals surface area contributed by atoms with Crippen LogP contribution in [0.25, 0.3) is 0 Å². The van der Waals surface area contributed by atoms with Gasteiger partial charge in [-0.05, 0) is 54.6 Å². The number of anilines is 2. The second kappa shape index (κ2) is 8.26. The minimum Gasteiger partial charge on any atom is -0.326 e. The smallest absolute Gasteiger partial charge is 0.256 e. The number of hydrogen-bond donors (Lipinski definition) is 2. The van der Waals surface area contributed by atoms with E-state index in [0.717, 1.165) is 0 Å². The van der Waals surface area contributed by atoms with E-state index in [9.17, 15) is 18.8 Å². The zero-order chi connectivity index (χ0) is 20.1. The van der Waals surface area contributed by atoms with Crippen molar-refractivity contribution < 1.29 is 18.8 Å². The molecule has 0 aliphatic heterocycles. The van der Waals surface area contributed by atoms with Gasteiger partial charge in [-0.15, -0.1) is 0 Å². The maximum Gasteiger partial charge on any atom is 0.256 e. The van der Waals surface area contributed by atoms with E-state index in [0.29, 0.717) is 16.9 Å². The van der Waals surface area contributed by atoms with Gasteiger partial charge in [0, 0.05) is 29.4 Å². The average Bonchev–Trinajstić information content (AvgIpc) is 2.69. The number of halogens is 1. The number of rotatable bonds is 5. The van der Waals surface area contributed by atoms with Crippen LogP contribution >= 0.6 is 0 Å². The Morgan fingerprint density at radius 2 is 1.25 bits per heavy atom. The van der Waals surface area contributed by atoms with Crippen molar-refractivity contribution in [3.63, 3.8) is 0 Å². The molecule has 0 bridgehead atoms. The molecular formula is C22H17FN2O3. The fourth-order valence-corrected chi connectivity index (χ4v) is 2.67. The molecule has 0 aromatic heterocycles. The highest BCUT2D eigenvalue weighted by Gasteiger charge is 2.18. The predicted molar refractivity (Wildman–Crippen MR) is 105 cm³/mol. The van der Waals surface area contributed by atoms with Crippen LogP contribution < -0.4 is 10.6 Å². The first-order valence-corrected chi connectivity index (χ1v) is 8.52. The maximum atomic E-state index is 13.1. The van der Waals surface area contributed by atoms with E-state index in [1.165, 1.54) is 31.2 Å². The molecule has 28 heavy (non-hydrogen) atoms. The Labute approximate surface area is 161 Å². The second-order valence-electron chi connectivity index (χ2n) is 6.09. The highest BCUT2D eigenvalue weighted by atomic mass is 19.1. The van der Waals surface area contributed by atoms with Gasteiger partial charge in [0.2, 0.25) is 5.91 Å². The van der Waals surface area contributed by atoms with Gasteiger partial charge in [-0.25, -0.2) is 4.39 Å². The average molecular weight is 376 g/mol. The number of amides is 2. The Morgan fingerprint density at radius 3 is 1.82 bits per heavy atom. The monoisotopic (exact) mass is 376 g/mol. The van der Waals surface area contributed by atoms with Crippen LogP contribution in [0.1, 0.15) is 33.2 Å². The summed E-state index contributed by atoms with van der Waals surface area (Å²) in [4.78, 5) is 36.5. The van der Waals surface area contributed by atoms with Gasteiger partial charge in [0.05, 0.1) is 5.56 Å². The number of ketones is 1. The first-order chi connectivity index (χ1) is 13.4. The van der Waals surface area contributed by atoms with E-state index in [-0.39, 0.29) is 22.8 Å². The summed E-state index contributed by atoms with van der Waals surface area (Å²) in [6, 6.07) is 18.2. The van der Waals surface area contributed by atoms with Gasteiger partial charge < -0.3 is 10.6 Å². The Hall–Kier alpha value is -3.80.